The van der Waals surface area contributed by atoms with Crippen molar-refractivity contribution in [2.24, 2.45) is 11.8 Å². The van der Waals surface area contributed by atoms with E-state index in [1.165, 1.54) is 27.2 Å². The lowest BCUT2D eigenvalue weighted by Gasteiger charge is -2.45. The Morgan fingerprint density at radius 2 is 1.07 bits per heavy atom. The van der Waals surface area contributed by atoms with E-state index in [0.29, 0.717) is 11.4 Å². The van der Waals surface area contributed by atoms with Crippen molar-refractivity contribution < 1.29 is 14.3 Å². The molecule has 7 rings (SSSR count). The van der Waals surface area contributed by atoms with Gasteiger partial charge in [0.1, 0.15) is 5.75 Å². The summed E-state index contributed by atoms with van der Waals surface area (Å²) in [6, 6.07) is 23.7. The van der Waals surface area contributed by atoms with Crippen LogP contribution in [-0.4, -0.2) is 18.9 Å². The molecular formula is C25H19NO3. The van der Waals surface area contributed by atoms with Crippen LogP contribution in [0, 0.1) is 11.8 Å². The smallest absolute Gasteiger partial charge is 0.238 e. The number of nitrogens with zero attached hydrogens (tertiary/aromatic N) is 1. The number of hydrogen-bond acceptors (Lipinski definition) is 3. The van der Waals surface area contributed by atoms with Crippen LogP contribution < -0.4 is 9.64 Å². The van der Waals surface area contributed by atoms with Gasteiger partial charge in [-0.2, -0.15) is 0 Å². The van der Waals surface area contributed by atoms with Gasteiger partial charge in [-0.1, -0.05) is 48.5 Å². The molecule has 1 aliphatic heterocycles. The zero-order valence-corrected chi connectivity index (χ0v) is 15.9. The Hall–Kier alpha value is -3.40. The highest BCUT2D eigenvalue weighted by Crippen LogP contribution is 2.61. The summed E-state index contributed by atoms with van der Waals surface area (Å²) in [6.07, 6.45) is 0. The van der Waals surface area contributed by atoms with Crippen LogP contribution in [0.1, 0.15) is 34.1 Å². The van der Waals surface area contributed by atoms with Crippen molar-refractivity contribution in [2.45, 2.75) is 11.8 Å². The summed E-state index contributed by atoms with van der Waals surface area (Å²) in [5.41, 5.74) is 5.37. The number of carbonyl (C=O) groups is 2. The molecule has 0 saturated carbocycles. The van der Waals surface area contributed by atoms with Crippen molar-refractivity contribution in [3.63, 3.8) is 0 Å². The molecule has 2 amide bonds. The molecule has 3 aromatic rings. The van der Waals surface area contributed by atoms with Gasteiger partial charge in [-0.05, 0) is 46.5 Å². The molecule has 3 aliphatic carbocycles. The summed E-state index contributed by atoms with van der Waals surface area (Å²) in [5, 5.41) is 0. The predicted octanol–water partition coefficient (Wildman–Crippen LogP) is 4.09. The van der Waals surface area contributed by atoms with Crippen molar-refractivity contribution in [1.29, 1.82) is 0 Å². The van der Waals surface area contributed by atoms with E-state index in [2.05, 4.69) is 24.3 Å². The van der Waals surface area contributed by atoms with Gasteiger partial charge in [0.15, 0.2) is 0 Å². The molecule has 1 fully saturated rings. The second-order valence-electron chi connectivity index (χ2n) is 7.97. The van der Waals surface area contributed by atoms with E-state index < -0.39 is 0 Å². The van der Waals surface area contributed by atoms with Crippen LogP contribution in [0.25, 0.3) is 0 Å². The third-order valence-electron chi connectivity index (χ3n) is 6.78. The van der Waals surface area contributed by atoms with Gasteiger partial charge in [0.2, 0.25) is 11.8 Å². The Labute approximate surface area is 168 Å². The molecule has 1 heterocycles. The zero-order valence-electron chi connectivity index (χ0n) is 15.9. The first-order valence-electron chi connectivity index (χ1n) is 9.90. The number of hydrogen-bond donors (Lipinski definition) is 0. The van der Waals surface area contributed by atoms with Crippen molar-refractivity contribution in [1.82, 2.24) is 0 Å². The Bertz CT molecular complexity index is 1050. The fourth-order valence-corrected chi connectivity index (χ4v) is 5.66. The van der Waals surface area contributed by atoms with Gasteiger partial charge in [-0.15, -0.1) is 0 Å². The minimum atomic E-state index is -0.348. The molecule has 1 saturated heterocycles. The SMILES string of the molecule is COc1ccc(N2C(=O)[C@@H]3C4c5ccccc5C(c5ccccc54)[C@H]3C2=O)cc1. The summed E-state index contributed by atoms with van der Waals surface area (Å²) in [7, 11) is 1.60. The molecule has 4 heteroatoms. The van der Waals surface area contributed by atoms with Crippen LogP contribution in [0.2, 0.25) is 0 Å². The summed E-state index contributed by atoms with van der Waals surface area (Å²) in [6.45, 7) is 0. The monoisotopic (exact) mass is 381 g/mol. The van der Waals surface area contributed by atoms with Crippen LogP contribution in [0.15, 0.2) is 72.8 Å². The van der Waals surface area contributed by atoms with Crippen LogP contribution in [-0.2, 0) is 9.59 Å². The number of imide groups is 1. The number of benzene rings is 3. The molecule has 3 aromatic carbocycles. The van der Waals surface area contributed by atoms with Crippen molar-refractivity contribution >= 4 is 17.5 Å². The second-order valence-corrected chi connectivity index (χ2v) is 7.97. The fourth-order valence-electron chi connectivity index (χ4n) is 5.66. The van der Waals surface area contributed by atoms with Crippen molar-refractivity contribution in [3.05, 3.63) is 95.1 Å². The first-order valence-corrected chi connectivity index (χ1v) is 9.90. The van der Waals surface area contributed by atoms with E-state index in [-0.39, 0.29) is 35.5 Å². The van der Waals surface area contributed by atoms with Crippen molar-refractivity contribution in [3.8, 4) is 5.75 Å². The molecule has 0 spiro atoms. The minimum Gasteiger partial charge on any atom is -0.497 e. The van der Waals surface area contributed by atoms with Gasteiger partial charge in [0.05, 0.1) is 24.6 Å². The molecule has 0 unspecified atom stereocenters. The lowest BCUT2D eigenvalue weighted by atomic mass is 9.55. The fraction of sp³-hybridized carbons (Fsp3) is 0.200. The van der Waals surface area contributed by atoms with E-state index in [0.717, 1.165) is 0 Å². The zero-order chi connectivity index (χ0) is 19.7. The van der Waals surface area contributed by atoms with Gasteiger partial charge in [0, 0.05) is 11.8 Å². The number of amides is 2. The Kier molecular flexibility index (Phi) is 3.31. The summed E-state index contributed by atoms with van der Waals surface area (Å²) < 4.78 is 5.22. The van der Waals surface area contributed by atoms with E-state index in [4.69, 9.17) is 4.74 Å². The average molecular weight is 381 g/mol. The molecule has 4 nitrogen and oxygen atoms in total. The summed E-state index contributed by atoms with van der Waals surface area (Å²) >= 11 is 0. The lowest BCUT2D eigenvalue weighted by Crippen LogP contribution is -2.41. The highest BCUT2D eigenvalue weighted by molar-refractivity contribution is 6.23. The molecule has 2 bridgehead atoms. The Morgan fingerprint density at radius 3 is 1.45 bits per heavy atom. The summed E-state index contributed by atoms with van der Waals surface area (Å²) in [5.74, 6) is -0.327. The normalized spacial score (nSPS) is 26.2. The summed E-state index contributed by atoms with van der Waals surface area (Å²) in [4.78, 5) is 28.6. The third kappa shape index (κ3) is 2.03. The highest BCUT2D eigenvalue weighted by Gasteiger charge is 2.61. The Morgan fingerprint density at radius 1 is 0.655 bits per heavy atom. The molecule has 0 N–H and O–H groups in total. The molecule has 4 aliphatic rings. The minimum absolute atomic E-state index is 0.0721. The van der Waals surface area contributed by atoms with Crippen LogP contribution in [0.5, 0.6) is 5.75 Å². The molecule has 29 heavy (non-hydrogen) atoms. The van der Waals surface area contributed by atoms with Gasteiger partial charge in [-0.3, -0.25) is 9.59 Å². The number of anilines is 1. The van der Waals surface area contributed by atoms with Crippen LogP contribution >= 0.6 is 0 Å². The number of methoxy groups -OCH3 is 1. The standard InChI is InChI=1S/C25H19NO3/c1-29-15-12-10-14(11-13-15)26-24(27)22-20-16-6-2-3-7-17(16)21(23(22)25(26)28)19-9-5-4-8-18(19)20/h2-13,20-23H,1H3/t20?,21?,22-,23-/m1/s1. The van der Waals surface area contributed by atoms with E-state index in [1.807, 2.05) is 24.3 Å². The first-order chi connectivity index (χ1) is 14.2. The van der Waals surface area contributed by atoms with Crippen LogP contribution in [0.3, 0.4) is 0 Å². The van der Waals surface area contributed by atoms with Gasteiger partial charge < -0.3 is 4.74 Å². The molecule has 0 aromatic heterocycles. The number of ether oxygens (including phenoxy) is 1. The molecule has 142 valence electrons. The van der Waals surface area contributed by atoms with Gasteiger partial charge in [0.25, 0.3) is 0 Å². The number of carbonyl (C=O) groups excluding carboxylic acids is 2. The Balaban J connectivity index is 1.53. The third-order valence-corrected chi connectivity index (χ3v) is 6.78. The quantitative estimate of drug-likeness (QED) is 0.628. The molecule has 2 atom stereocenters. The van der Waals surface area contributed by atoms with Gasteiger partial charge in [-0.25, -0.2) is 4.90 Å². The molecule has 0 radical (unpaired) electrons. The molecular weight excluding hydrogens is 362 g/mol. The van der Waals surface area contributed by atoms with Crippen molar-refractivity contribution in [2.75, 3.05) is 12.0 Å². The maximum Gasteiger partial charge on any atom is 0.238 e. The maximum atomic E-state index is 13.6. The average Bonchev–Trinajstić information content (AvgIpc) is 3.04. The maximum absolute atomic E-state index is 13.6. The lowest BCUT2D eigenvalue weighted by molar-refractivity contribution is -0.122. The predicted molar refractivity (Wildman–Crippen MR) is 109 cm³/mol. The topological polar surface area (TPSA) is 46.6 Å². The van der Waals surface area contributed by atoms with E-state index >= 15 is 0 Å². The first kappa shape index (κ1) is 16.5. The van der Waals surface area contributed by atoms with Crippen LogP contribution in [0.4, 0.5) is 5.69 Å². The van der Waals surface area contributed by atoms with E-state index in [9.17, 15) is 9.59 Å². The second kappa shape index (κ2) is 5.80. The highest BCUT2D eigenvalue weighted by atomic mass is 16.5. The number of rotatable bonds is 2. The van der Waals surface area contributed by atoms with E-state index in [1.54, 1.807) is 31.4 Å². The largest absolute Gasteiger partial charge is 0.497 e. The van der Waals surface area contributed by atoms with Gasteiger partial charge >= 0.3 is 0 Å².